The molecule has 0 amide bonds. The van der Waals surface area contributed by atoms with E-state index in [2.05, 4.69) is 35.2 Å². The highest BCUT2D eigenvalue weighted by Gasteiger charge is 2.20. The minimum Gasteiger partial charge on any atom is -0.389 e. The standard InChI is InChI=1S/C18H18N2O/c1-13(21)17-7-6-14(11-19)10-18(17)20-9-8-15-4-2-3-5-16(15)12-20/h2-7,10,13,21H,8-9,12H2,1H3/t13-/m1/s1. The number of hydrogen-bond acceptors (Lipinski definition) is 3. The van der Waals surface area contributed by atoms with Gasteiger partial charge in [0.1, 0.15) is 0 Å². The number of nitrogens with zero attached hydrogens (tertiary/aromatic N) is 2. The van der Waals surface area contributed by atoms with E-state index in [9.17, 15) is 5.11 Å². The highest BCUT2D eigenvalue weighted by molar-refractivity contribution is 5.59. The molecule has 3 rings (SSSR count). The zero-order valence-corrected chi connectivity index (χ0v) is 12.1. The minimum atomic E-state index is -0.537. The Labute approximate surface area is 125 Å². The first kappa shape index (κ1) is 13.7. The van der Waals surface area contributed by atoms with Gasteiger partial charge in [-0.25, -0.2) is 0 Å². The van der Waals surface area contributed by atoms with Gasteiger partial charge in [0.05, 0.1) is 17.7 Å². The molecule has 0 radical (unpaired) electrons. The van der Waals surface area contributed by atoms with Crippen molar-refractivity contribution in [1.82, 2.24) is 0 Å². The third-order valence-corrected chi connectivity index (χ3v) is 4.08. The maximum atomic E-state index is 9.98. The van der Waals surface area contributed by atoms with Crippen LogP contribution in [0.3, 0.4) is 0 Å². The van der Waals surface area contributed by atoms with E-state index in [1.807, 2.05) is 12.1 Å². The summed E-state index contributed by atoms with van der Waals surface area (Å²) in [5.74, 6) is 0. The molecule has 21 heavy (non-hydrogen) atoms. The fourth-order valence-electron chi connectivity index (χ4n) is 2.94. The summed E-state index contributed by atoms with van der Waals surface area (Å²) in [4.78, 5) is 2.26. The molecule has 0 bridgehead atoms. The summed E-state index contributed by atoms with van der Waals surface area (Å²) >= 11 is 0. The van der Waals surface area contributed by atoms with Crippen molar-refractivity contribution in [1.29, 1.82) is 5.26 Å². The van der Waals surface area contributed by atoms with E-state index in [-0.39, 0.29) is 0 Å². The Balaban J connectivity index is 1.99. The number of aliphatic hydroxyl groups is 1. The molecule has 0 saturated heterocycles. The molecule has 0 unspecified atom stereocenters. The van der Waals surface area contributed by atoms with E-state index in [4.69, 9.17) is 5.26 Å². The first-order valence-corrected chi connectivity index (χ1v) is 7.23. The quantitative estimate of drug-likeness (QED) is 0.917. The first-order chi connectivity index (χ1) is 10.2. The van der Waals surface area contributed by atoms with Crippen LogP contribution < -0.4 is 4.90 Å². The molecule has 1 atom stereocenters. The van der Waals surface area contributed by atoms with Crippen molar-refractivity contribution in [2.45, 2.75) is 26.0 Å². The first-order valence-electron chi connectivity index (χ1n) is 7.23. The van der Waals surface area contributed by atoms with Gasteiger partial charge in [-0.15, -0.1) is 0 Å². The highest BCUT2D eigenvalue weighted by atomic mass is 16.3. The lowest BCUT2D eigenvalue weighted by atomic mass is 9.97. The molecule has 0 saturated carbocycles. The normalized spacial score (nSPS) is 15.2. The number of benzene rings is 2. The Hall–Kier alpha value is -2.31. The number of nitriles is 1. The van der Waals surface area contributed by atoms with Gasteiger partial charge in [0.15, 0.2) is 0 Å². The number of rotatable bonds is 2. The van der Waals surface area contributed by atoms with Crippen LogP contribution in [0.2, 0.25) is 0 Å². The number of aliphatic hydroxyl groups excluding tert-OH is 1. The summed E-state index contributed by atoms with van der Waals surface area (Å²) in [7, 11) is 0. The van der Waals surface area contributed by atoms with Gasteiger partial charge in [-0.2, -0.15) is 5.26 Å². The summed E-state index contributed by atoms with van der Waals surface area (Å²) < 4.78 is 0. The predicted octanol–water partition coefficient (Wildman–Crippen LogP) is 3.17. The maximum absolute atomic E-state index is 9.98. The van der Waals surface area contributed by atoms with Crippen LogP contribution in [0.5, 0.6) is 0 Å². The van der Waals surface area contributed by atoms with Crippen molar-refractivity contribution >= 4 is 5.69 Å². The summed E-state index contributed by atoms with van der Waals surface area (Å²) in [6.07, 6.45) is 0.455. The van der Waals surface area contributed by atoms with Crippen LogP contribution in [0.1, 0.15) is 35.3 Å². The van der Waals surface area contributed by atoms with Crippen molar-refractivity contribution in [3.8, 4) is 6.07 Å². The molecule has 1 aliphatic heterocycles. The van der Waals surface area contributed by atoms with E-state index in [1.54, 1.807) is 13.0 Å². The highest BCUT2D eigenvalue weighted by Crippen LogP contribution is 2.31. The summed E-state index contributed by atoms with van der Waals surface area (Å²) in [6, 6.07) is 16.2. The molecule has 0 aliphatic carbocycles. The van der Waals surface area contributed by atoms with Gasteiger partial charge >= 0.3 is 0 Å². The Kier molecular flexibility index (Phi) is 3.64. The summed E-state index contributed by atoms with van der Waals surface area (Å²) in [6.45, 7) is 3.50. The Bertz CT molecular complexity index is 701. The summed E-state index contributed by atoms with van der Waals surface area (Å²) in [5, 5.41) is 19.1. The van der Waals surface area contributed by atoms with Crippen LogP contribution in [-0.2, 0) is 13.0 Å². The lowest BCUT2D eigenvalue weighted by Gasteiger charge is -2.32. The van der Waals surface area contributed by atoms with Crippen LogP contribution in [0.25, 0.3) is 0 Å². The molecule has 3 heteroatoms. The maximum Gasteiger partial charge on any atom is 0.0992 e. The third kappa shape index (κ3) is 2.63. The van der Waals surface area contributed by atoms with Crippen molar-refractivity contribution in [2.24, 2.45) is 0 Å². The van der Waals surface area contributed by atoms with Gasteiger partial charge in [0, 0.05) is 24.3 Å². The van der Waals surface area contributed by atoms with E-state index >= 15 is 0 Å². The Morgan fingerprint density at radius 1 is 1.19 bits per heavy atom. The van der Waals surface area contributed by atoms with Crippen LogP contribution in [0.4, 0.5) is 5.69 Å². The molecule has 0 fully saturated rings. The number of anilines is 1. The zero-order chi connectivity index (χ0) is 14.8. The van der Waals surface area contributed by atoms with Crippen LogP contribution >= 0.6 is 0 Å². The number of fused-ring (bicyclic) bond motifs is 1. The number of hydrogen-bond donors (Lipinski definition) is 1. The van der Waals surface area contributed by atoms with Gasteiger partial charge in [-0.3, -0.25) is 0 Å². The second-order valence-electron chi connectivity index (χ2n) is 5.50. The average molecular weight is 278 g/mol. The zero-order valence-electron chi connectivity index (χ0n) is 12.1. The lowest BCUT2D eigenvalue weighted by Crippen LogP contribution is -2.31. The average Bonchev–Trinajstić information content (AvgIpc) is 2.53. The molecular formula is C18H18N2O. The molecule has 0 spiro atoms. The molecule has 1 N–H and O–H groups in total. The Morgan fingerprint density at radius 3 is 2.67 bits per heavy atom. The third-order valence-electron chi connectivity index (χ3n) is 4.08. The van der Waals surface area contributed by atoms with Crippen molar-refractivity contribution in [2.75, 3.05) is 11.4 Å². The fourth-order valence-corrected chi connectivity index (χ4v) is 2.94. The van der Waals surface area contributed by atoms with E-state index in [1.165, 1.54) is 11.1 Å². The van der Waals surface area contributed by atoms with Gasteiger partial charge in [0.2, 0.25) is 0 Å². The van der Waals surface area contributed by atoms with Gasteiger partial charge < -0.3 is 10.0 Å². The smallest absolute Gasteiger partial charge is 0.0992 e. The second-order valence-corrected chi connectivity index (χ2v) is 5.50. The van der Waals surface area contributed by atoms with Crippen LogP contribution in [0, 0.1) is 11.3 Å². The topological polar surface area (TPSA) is 47.3 Å². The minimum absolute atomic E-state index is 0.537. The molecular weight excluding hydrogens is 260 g/mol. The van der Waals surface area contributed by atoms with Gasteiger partial charge in [0.25, 0.3) is 0 Å². The fraction of sp³-hybridized carbons (Fsp3) is 0.278. The molecule has 1 heterocycles. The van der Waals surface area contributed by atoms with Crippen molar-refractivity contribution < 1.29 is 5.11 Å². The van der Waals surface area contributed by atoms with Crippen molar-refractivity contribution in [3.05, 3.63) is 64.7 Å². The molecule has 2 aromatic rings. The Morgan fingerprint density at radius 2 is 1.95 bits per heavy atom. The van der Waals surface area contributed by atoms with E-state index in [0.29, 0.717) is 5.56 Å². The molecule has 2 aromatic carbocycles. The van der Waals surface area contributed by atoms with E-state index < -0.39 is 6.10 Å². The monoisotopic (exact) mass is 278 g/mol. The predicted molar refractivity (Wildman–Crippen MR) is 83.0 cm³/mol. The molecule has 1 aliphatic rings. The molecule has 3 nitrogen and oxygen atoms in total. The van der Waals surface area contributed by atoms with Crippen LogP contribution in [-0.4, -0.2) is 11.7 Å². The second kappa shape index (κ2) is 5.59. The van der Waals surface area contributed by atoms with Gasteiger partial charge in [-0.05, 0) is 36.6 Å². The largest absolute Gasteiger partial charge is 0.389 e. The van der Waals surface area contributed by atoms with Crippen molar-refractivity contribution in [3.63, 3.8) is 0 Å². The lowest BCUT2D eigenvalue weighted by molar-refractivity contribution is 0.199. The van der Waals surface area contributed by atoms with Crippen LogP contribution in [0.15, 0.2) is 42.5 Å². The summed E-state index contributed by atoms with van der Waals surface area (Å²) in [5.41, 5.74) is 5.20. The SMILES string of the molecule is C[C@@H](O)c1ccc(C#N)cc1N1CCc2ccccc2C1. The molecule has 0 aromatic heterocycles. The van der Waals surface area contributed by atoms with Gasteiger partial charge in [-0.1, -0.05) is 30.3 Å². The van der Waals surface area contributed by atoms with E-state index in [0.717, 1.165) is 30.8 Å². The molecule has 106 valence electrons.